The monoisotopic (exact) mass is 485 g/mol. The topological polar surface area (TPSA) is 54.0 Å². The number of amides is 1. The molecule has 2 aliphatic rings. The maximum atomic E-state index is 13.6. The molecule has 2 heterocycles. The number of fused-ring (bicyclic) bond motifs is 2. The highest BCUT2D eigenvalue weighted by molar-refractivity contribution is 6.32. The largest absolute Gasteiger partial charge is 0.489 e. The third kappa shape index (κ3) is 5.54. The molecular weight excluding hydrogens is 450 g/mol. The van der Waals surface area contributed by atoms with Crippen LogP contribution in [-0.2, 0) is 17.8 Å². The zero-order valence-corrected chi connectivity index (χ0v) is 21.5. The number of halogens is 1. The number of hydrogen-bond donors (Lipinski definition) is 1. The molecule has 7 heteroatoms. The number of carbonyl (C=O) groups excluding carboxylic acids is 1. The molecule has 0 aromatic heterocycles. The van der Waals surface area contributed by atoms with E-state index in [2.05, 4.69) is 49.3 Å². The number of hydrogen-bond acceptors (Lipinski definition) is 5. The van der Waals surface area contributed by atoms with Gasteiger partial charge in [0, 0.05) is 56.6 Å². The van der Waals surface area contributed by atoms with Crippen LogP contribution in [0.25, 0.3) is 0 Å². The van der Waals surface area contributed by atoms with Gasteiger partial charge in [0.2, 0.25) is 5.91 Å². The smallest absolute Gasteiger partial charge is 0.227 e. The fraction of sp³-hybridized carbons (Fsp3) is 0.519. The molecule has 2 aliphatic heterocycles. The zero-order chi connectivity index (χ0) is 24.2. The predicted octanol–water partition coefficient (Wildman–Crippen LogP) is 5.23. The Kier molecular flexibility index (Phi) is 7.77. The number of benzene rings is 2. The first-order chi connectivity index (χ1) is 16.3. The third-order valence-corrected chi connectivity index (χ3v) is 6.64. The van der Waals surface area contributed by atoms with Gasteiger partial charge in [0.25, 0.3) is 0 Å². The standard InChI is InChI=1S/C27H36ClN3O3/c1-18(2)15-31(17-20-13-22(28)26-25(14-20)33-11-6-12-34-26)27(32)19(3)16-30(4)24-8-5-7-23-21(24)9-10-29-23/h5,7-8,13-14,18-19,29H,6,9-12,15-17H2,1-4H3. The molecule has 4 rings (SSSR count). The Labute approximate surface area is 208 Å². The Morgan fingerprint density at radius 3 is 2.74 bits per heavy atom. The van der Waals surface area contributed by atoms with Crippen molar-refractivity contribution in [2.24, 2.45) is 11.8 Å². The third-order valence-electron chi connectivity index (χ3n) is 6.35. The number of rotatable bonds is 8. The summed E-state index contributed by atoms with van der Waals surface area (Å²) in [7, 11) is 2.08. The first kappa shape index (κ1) is 24.5. The van der Waals surface area contributed by atoms with Crippen LogP contribution in [0.2, 0.25) is 5.02 Å². The van der Waals surface area contributed by atoms with Crippen LogP contribution >= 0.6 is 11.6 Å². The van der Waals surface area contributed by atoms with Crippen LogP contribution in [0.15, 0.2) is 30.3 Å². The van der Waals surface area contributed by atoms with Crippen molar-refractivity contribution in [2.75, 3.05) is 50.1 Å². The molecule has 0 aliphatic carbocycles. The van der Waals surface area contributed by atoms with E-state index in [-0.39, 0.29) is 11.8 Å². The van der Waals surface area contributed by atoms with Crippen molar-refractivity contribution in [1.29, 1.82) is 0 Å². The van der Waals surface area contributed by atoms with E-state index in [0.29, 0.717) is 55.3 Å². The van der Waals surface area contributed by atoms with Crippen molar-refractivity contribution in [2.45, 2.75) is 40.2 Å². The average molecular weight is 486 g/mol. The van der Waals surface area contributed by atoms with Gasteiger partial charge in [-0.25, -0.2) is 0 Å². The Morgan fingerprint density at radius 2 is 1.94 bits per heavy atom. The van der Waals surface area contributed by atoms with Gasteiger partial charge >= 0.3 is 0 Å². The summed E-state index contributed by atoms with van der Waals surface area (Å²) in [6, 6.07) is 10.2. The van der Waals surface area contributed by atoms with Gasteiger partial charge in [-0.05, 0) is 42.2 Å². The summed E-state index contributed by atoms with van der Waals surface area (Å²) >= 11 is 6.51. The highest BCUT2D eigenvalue weighted by atomic mass is 35.5. The van der Waals surface area contributed by atoms with Crippen molar-refractivity contribution in [1.82, 2.24) is 4.90 Å². The second kappa shape index (κ2) is 10.8. The van der Waals surface area contributed by atoms with Crippen LogP contribution in [0, 0.1) is 11.8 Å². The first-order valence-electron chi connectivity index (χ1n) is 12.3. The Balaban J connectivity index is 1.49. The molecule has 0 saturated heterocycles. The fourth-order valence-corrected chi connectivity index (χ4v) is 5.14. The van der Waals surface area contributed by atoms with Gasteiger partial charge in [0.05, 0.1) is 24.2 Å². The van der Waals surface area contributed by atoms with Gasteiger partial charge in [0.1, 0.15) is 0 Å². The molecule has 1 N–H and O–H groups in total. The summed E-state index contributed by atoms with van der Waals surface area (Å²) in [5, 5.41) is 3.97. The van der Waals surface area contributed by atoms with Crippen molar-refractivity contribution in [3.8, 4) is 11.5 Å². The van der Waals surface area contributed by atoms with Gasteiger partial charge in [0.15, 0.2) is 11.5 Å². The highest BCUT2D eigenvalue weighted by Gasteiger charge is 2.25. The van der Waals surface area contributed by atoms with Gasteiger partial charge in [-0.2, -0.15) is 0 Å². The lowest BCUT2D eigenvalue weighted by atomic mass is 10.0. The maximum Gasteiger partial charge on any atom is 0.227 e. The van der Waals surface area contributed by atoms with E-state index in [1.54, 1.807) is 0 Å². The van der Waals surface area contributed by atoms with Crippen molar-refractivity contribution in [3.63, 3.8) is 0 Å². The lowest BCUT2D eigenvalue weighted by molar-refractivity contribution is -0.135. The number of ether oxygens (including phenoxy) is 2. The zero-order valence-electron chi connectivity index (χ0n) is 20.7. The van der Waals surface area contributed by atoms with E-state index in [0.717, 1.165) is 24.9 Å². The maximum absolute atomic E-state index is 13.6. The summed E-state index contributed by atoms with van der Waals surface area (Å²) < 4.78 is 11.6. The van der Waals surface area contributed by atoms with Crippen LogP contribution in [0.3, 0.4) is 0 Å². The molecule has 0 bridgehead atoms. The molecule has 0 radical (unpaired) electrons. The fourth-order valence-electron chi connectivity index (χ4n) is 4.85. The molecule has 6 nitrogen and oxygen atoms in total. The lowest BCUT2D eigenvalue weighted by Crippen LogP contribution is -2.41. The molecule has 34 heavy (non-hydrogen) atoms. The van der Waals surface area contributed by atoms with Gasteiger partial charge in [-0.15, -0.1) is 0 Å². The highest BCUT2D eigenvalue weighted by Crippen LogP contribution is 2.38. The van der Waals surface area contributed by atoms with Gasteiger partial charge in [-0.3, -0.25) is 4.79 Å². The molecule has 1 atom stereocenters. The quantitative estimate of drug-likeness (QED) is 0.555. The van der Waals surface area contributed by atoms with Gasteiger partial charge < -0.3 is 24.6 Å². The summed E-state index contributed by atoms with van der Waals surface area (Å²) in [5.74, 6) is 1.62. The van der Waals surface area contributed by atoms with E-state index in [4.69, 9.17) is 21.1 Å². The van der Waals surface area contributed by atoms with E-state index >= 15 is 0 Å². The van der Waals surface area contributed by atoms with Crippen LogP contribution in [0.4, 0.5) is 11.4 Å². The second-order valence-electron chi connectivity index (χ2n) is 9.83. The molecule has 2 aromatic carbocycles. The number of nitrogens with one attached hydrogen (secondary N) is 1. The normalized spacial score (nSPS) is 15.4. The molecule has 2 aromatic rings. The number of anilines is 2. The van der Waals surface area contributed by atoms with E-state index < -0.39 is 0 Å². The first-order valence-corrected chi connectivity index (χ1v) is 12.6. The minimum atomic E-state index is -0.148. The second-order valence-corrected chi connectivity index (χ2v) is 10.2. The van der Waals surface area contributed by atoms with E-state index in [1.807, 2.05) is 24.0 Å². The van der Waals surface area contributed by atoms with Crippen LogP contribution in [-0.4, -0.2) is 50.7 Å². The molecule has 184 valence electrons. The van der Waals surface area contributed by atoms with E-state index in [9.17, 15) is 4.79 Å². The summed E-state index contributed by atoms with van der Waals surface area (Å²) in [6.45, 7) is 10.3. The summed E-state index contributed by atoms with van der Waals surface area (Å²) in [4.78, 5) is 17.8. The Morgan fingerprint density at radius 1 is 1.15 bits per heavy atom. The predicted molar refractivity (Wildman–Crippen MR) is 138 cm³/mol. The average Bonchev–Trinajstić information content (AvgIpc) is 3.15. The number of nitrogens with zero attached hydrogens (tertiary/aromatic N) is 2. The van der Waals surface area contributed by atoms with Crippen molar-refractivity contribution < 1.29 is 14.3 Å². The number of carbonyl (C=O) groups is 1. The minimum absolute atomic E-state index is 0.148. The Hall–Kier alpha value is -2.60. The van der Waals surface area contributed by atoms with Crippen LogP contribution in [0.5, 0.6) is 11.5 Å². The molecular formula is C27H36ClN3O3. The van der Waals surface area contributed by atoms with Crippen molar-refractivity contribution in [3.05, 3.63) is 46.5 Å². The molecule has 1 amide bonds. The molecule has 0 saturated carbocycles. The summed E-state index contributed by atoms with van der Waals surface area (Å²) in [6.07, 6.45) is 1.84. The molecule has 0 fully saturated rings. The van der Waals surface area contributed by atoms with Crippen LogP contribution in [0.1, 0.15) is 38.3 Å². The lowest BCUT2D eigenvalue weighted by Gasteiger charge is -2.31. The van der Waals surface area contributed by atoms with Crippen LogP contribution < -0.4 is 19.7 Å². The van der Waals surface area contributed by atoms with E-state index in [1.165, 1.54) is 16.9 Å². The summed E-state index contributed by atoms with van der Waals surface area (Å²) in [5.41, 5.74) is 4.70. The van der Waals surface area contributed by atoms with Crippen molar-refractivity contribution >= 4 is 28.9 Å². The minimum Gasteiger partial charge on any atom is -0.489 e. The molecule has 0 spiro atoms. The Bertz CT molecular complexity index is 1030. The van der Waals surface area contributed by atoms with Gasteiger partial charge in [-0.1, -0.05) is 38.4 Å². The SMILES string of the molecule is CC(C)CN(Cc1cc(Cl)c2c(c1)OCCCO2)C(=O)C(C)CN(C)c1cccc2c1CCN2. The molecule has 1 unspecified atom stereocenters.